The van der Waals surface area contributed by atoms with Crippen LogP contribution in [0.1, 0.15) is 25.3 Å². The molecule has 0 N–H and O–H groups in total. The summed E-state index contributed by atoms with van der Waals surface area (Å²) in [4.78, 5) is 18.8. The average Bonchev–Trinajstić information content (AvgIpc) is 3.17. The van der Waals surface area contributed by atoms with E-state index in [0.717, 1.165) is 11.3 Å². The van der Waals surface area contributed by atoms with Gasteiger partial charge in [-0.1, -0.05) is 62.0 Å². The Balaban J connectivity index is 1.63. The Morgan fingerprint density at radius 3 is 2.57 bits per heavy atom. The van der Waals surface area contributed by atoms with Gasteiger partial charge in [0.05, 0.1) is 17.5 Å². The summed E-state index contributed by atoms with van der Waals surface area (Å²) >= 11 is 1.38. The van der Waals surface area contributed by atoms with Gasteiger partial charge in [-0.2, -0.15) is 4.99 Å². The smallest absolute Gasteiger partial charge is 0.285 e. The monoisotopic (exact) mass is 444 g/mol. The molecule has 2 aliphatic heterocycles. The lowest BCUT2D eigenvalue weighted by molar-refractivity contribution is -0.119. The Kier molecular flexibility index (Phi) is 5.88. The number of benzene rings is 2. The second kappa shape index (κ2) is 8.43. The van der Waals surface area contributed by atoms with Crippen LogP contribution in [0.15, 0.2) is 59.6 Å². The van der Waals surface area contributed by atoms with Gasteiger partial charge in [-0.3, -0.25) is 4.79 Å². The van der Waals surface area contributed by atoms with Crippen LogP contribution >= 0.6 is 11.8 Å². The number of thioether (sulfide) groups is 1. The van der Waals surface area contributed by atoms with Crippen LogP contribution in [0.5, 0.6) is 5.75 Å². The van der Waals surface area contributed by atoms with Gasteiger partial charge in [0.15, 0.2) is 21.6 Å². The van der Waals surface area contributed by atoms with Gasteiger partial charge in [0, 0.05) is 10.9 Å². The molecular weight excluding hydrogens is 420 g/mol. The van der Waals surface area contributed by atoms with Crippen LogP contribution in [-0.2, 0) is 14.6 Å². The lowest BCUT2D eigenvalue weighted by atomic mass is 9.99. The van der Waals surface area contributed by atoms with Crippen molar-refractivity contribution in [2.45, 2.75) is 31.1 Å². The molecule has 2 heterocycles. The molecule has 2 fully saturated rings. The average molecular weight is 445 g/mol. The van der Waals surface area contributed by atoms with Crippen molar-refractivity contribution < 1.29 is 17.9 Å². The SMILES string of the molecule is CC(C)c1ccccc1N1C(=NC(=O)COc2ccccc2)S[C@H]2CS(=O)(=O)C[C@H]21. The molecular formula is C22H24N2O4S2. The van der Waals surface area contributed by atoms with Crippen molar-refractivity contribution in [2.75, 3.05) is 23.0 Å². The van der Waals surface area contributed by atoms with Crippen molar-refractivity contribution in [1.29, 1.82) is 0 Å². The highest BCUT2D eigenvalue weighted by molar-refractivity contribution is 8.16. The minimum absolute atomic E-state index is 0.0742. The highest BCUT2D eigenvalue weighted by atomic mass is 32.2. The summed E-state index contributed by atoms with van der Waals surface area (Å²) in [5.74, 6) is 0.647. The number of para-hydroxylation sites is 2. The van der Waals surface area contributed by atoms with E-state index < -0.39 is 15.7 Å². The first-order chi connectivity index (χ1) is 14.3. The first-order valence-corrected chi connectivity index (χ1v) is 12.6. The Morgan fingerprint density at radius 2 is 1.83 bits per heavy atom. The molecule has 2 aromatic rings. The molecule has 2 saturated heterocycles. The molecule has 0 spiro atoms. The maximum absolute atomic E-state index is 12.5. The second-order valence-corrected chi connectivity index (χ2v) is 11.1. The number of aliphatic imine (C=N–C) groups is 1. The topological polar surface area (TPSA) is 76.0 Å². The molecule has 0 aliphatic carbocycles. The number of nitrogens with zero attached hydrogens (tertiary/aromatic N) is 2. The zero-order chi connectivity index (χ0) is 21.3. The molecule has 4 rings (SSSR count). The minimum atomic E-state index is -3.10. The van der Waals surface area contributed by atoms with Gasteiger partial charge >= 0.3 is 0 Å². The zero-order valence-electron chi connectivity index (χ0n) is 16.9. The van der Waals surface area contributed by atoms with Crippen LogP contribution in [0.25, 0.3) is 0 Å². The lowest BCUT2D eigenvalue weighted by Gasteiger charge is -2.28. The summed E-state index contributed by atoms with van der Waals surface area (Å²) in [6, 6.07) is 16.8. The van der Waals surface area contributed by atoms with Gasteiger partial charge in [0.2, 0.25) is 0 Å². The van der Waals surface area contributed by atoms with Gasteiger partial charge in [-0.15, -0.1) is 0 Å². The van der Waals surface area contributed by atoms with E-state index in [1.54, 1.807) is 12.1 Å². The predicted octanol–water partition coefficient (Wildman–Crippen LogP) is 3.49. The molecule has 2 aliphatic rings. The number of fused-ring (bicyclic) bond motifs is 1. The summed E-state index contributed by atoms with van der Waals surface area (Å²) in [5, 5.41) is 0.423. The number of anilines is 1. The maximum Gasteiger partial charge on any atom is 0.285 e. The van der Waals surface area contributed by atoms with Crippen LogP contribution in [0.4, 0.5) is 5.69 Å². The first-order valence-electron chi connectivity index (χ1n) is 9.88. The van der Waals surface area contributed by atoms with Gasteiger partial charge in [-0.05, 0) is 29.7 Å². The van der Waals surface area contributed by atoms with E-state index in [4.69, 9.17) is 4.74 Å². The van der Waals surface area contributed by atoms with Crippen LogP contribution < -0.4 is 9.64 Å². The molecule has 8 heteroatoms. The minimum Gasteiger partial charge on any atom is -0.484 e. The van der Waals surface area contributed by atoms with Gasteiger partial charge in [0.25, 0.3) is 5.91 Å². The number of sulfone groups is 1. The molecule has 30 heavy (non-hydrogen) atoms. The van der Waals surface area contributed by atoms with E-state index in [-0.39, 0.29) is 35.3 Å². The number of amidine groups is 1. The van der Waals surface area contributed by atoms with E-state index >= 15 is 0 Å². The standard InChI is InChI=1S/C22H24N2O4S2/c1-15(2)17-10-6-7-11-18(17)24-19-13-30(26,27)14-20(19)29-22(24)23-21(25)12-28-16-8-4-3-5-9-16/h3-11,15,19-20H,12-14H2,1-2H3/t19-,20+/m1/s1. The van der Waals surface area contributed by atoms with Gasteiger partial charge < -0.3 is 9.64 Å². The van der Waals surface area contributed by atoms with Crippen molar-refractivity contribution in [3.8, 4) is 5.75 Å². The fourth-order valence-electron chi connectivity index (χ4n) is 3.84. The quantitative estimate of drug-likeness (QED) is 0.703. The largest absolute Gasteiger partial charge is 0.484 e. The molecule has 6 nitrogen and oxygen atoms in total. The molecule has 0 aromatic heterocycles. The zero-order valence-corrected chi connectivity index (χ0v) is 18.5. The van der Waals surface area contributed by atoms with Crippen molar-refractivity contribution in [1.82, 2.24) is 0 Å². The van der Waals surface area contributed by atoms with Crippen LogP contribution in [0, 0.1) is 0 Å². The highest BCUT2D eigenvalue weighted by Crippen LogP contribution is 2.43. The van der Waals surface area contributed by atoms with Crippen LogP contribution in [0.2, 0.25) is 0 Å². The molecule has 0 saturated carbocycles. The van der Waals surface area contributed by atoms with E-state index in [2.05, 4.69) is 18.8 Å². The third kappa shape index (κ3) is 4.39. The molecule has 0 bridgehead atoms. The Bertz CT molecular complexity index is 1070. The Hall–Kier alpha value is -2.32. The van der Waals surface area contributed by atoms with E-state index in [1.807, 2.05) is 47.4 Å². The number of amides is 1. The fraction of sp³-hybridized carbons (Fsp3) is 0.364. The van der Waals surface area contributed by atoms with Crippen molar-refractivity contribution >= 4 is 38.4 Å². The molecule has 2 atom stereocenters. The number of carbonyl (C=O) groups excluding carboxylic acids is 1. The molecule has 2 aromatic carbocycles. The van der Waals surface area contributed by atoms with E-state index in [0.29, 0.717) is 10.9 Å². The first kappa shape index (κ1) is 20.9. The predicted molar refractivity (Wildman–Crippen MR) is 121 cm³/mol. The Labute approximate surface area is 181 Å². The summed E-state index contributed by atoms with van der Waals surface area (Å²) in [5.41, 5.74) is 2.02. The van der Waals surface area contributed by atoms with Crippen molar-refractivity contribution in [3.63, 3.8) is 0 Å². The normalized spacial score (nSPS) is 23.7. The summed E-state index contributed by atoms with van der Waals surface area (Å²) in [6.07, 6.45) is 0. The van der Waals surface area contributed by atoms with Gasteiger partial charge in [-0.25, -0.2) is 8.42 Å². The highest BCUT2D eigenvalue weighted by Gasteiger charge is 2.49. The molecule has 0 unspecified atom stereocenters. The molecule has 0 radical (unpaired) electrons. The lowest BCUT2D eigenvalue weighted by Crippen LogP contribution is -2.38. The van der Waals surface area contributed by atoms with Crippen molar-refractivity contribution in [3.05, 3.63) is 60.2 Å². The van der Waals surface area contributed by atoms with Crippen LogP contribution in [0.3, 0.4) is 0 Å². The summed E-state index contributed by atoms with van der Waals surface area (Å²) in [6.45, 7) is 4.03. The number of hydrogen-bond donors (Lipinski definition) is 0. The second-order valence-electron chi connectivity index (χ2n) is 7.77. The van der Waals surface area contributed by atoms with E-state index in [1.165, 1.54) is 11.8 Å². The maximum atomic E-state index is 12.5. The summed E-state index contributed by atoms with van der Waals surface area (Å²) < 4.78 is 30.1. The number of rotatable bonds is 5. The van der Waals surface area contributed by atoms with Crippen molar-refractivity contribution in [2.24, 2.45) is 4.99 Å². The third-order valence-electron chi connectivity index (χ3n) is 5.21. The Morgan fingerprint density at radius 1 is 1.13 bits per heavy atom. The molecule has 1 amide bonds. The van der Waals surface area contributed by atoms with E-state index in [9.17, 15) is 13.2 Å². The van der Waals surface area contributed by atoms with Crippen LogP contribution in [-0.4, -0.2) is 48.9 Å². The number of ether oxygens (including phenoxy) is 1. The number of hydrogen-bond acceptors (Lipinski definition) is 5. The van der Waals surface area contributed by atoms with Gasteiger partial charge in [0.1, 0.15) is 5.75 Å². The fourth-order valence-corrected chi connectivity index (χ4v) is 7.77. The molecule has 158 valence electrons. The summed E-state index contributed by atoms with van der Waals surface area (Å²) in [7, 11) is -3.10. The third-order valence-corrected chi connectivity index (χ3v) is 8.42. The number of carbonyl (C=O) groups is 1.